The normalized spacial score (nSPS) is 6.43. The average molecular weight is 95.1 g/mol. The Labute approximate surface area is 43.7 Å². The molecule has 0 aliphatic carbocycles. The topological polar surface area (TPSA) is 17.1 Å². The summed E-state index contributed by atoms with van der Waals surface area (Å²) < 4.78 is 0. The van der Waals surface area contributed by atoms with E-state index in [0.29, 0.717) is 12.8 Å². The second-order valence-corrected chi connectivity index (χ2v) is 0.974. The molecule has 0 heterocycles. The Hall–Kier alpha value is -0.770. The lowest BCUT2D eigenvalue weighted by Gasteiger charge is -1.65. The van der Waals surface area contributed by atoms with Crippen LogP contribution in [0.5, 0.6) is 0 Å². The molecule has 0 fully saturated rings. The molecule has 0 unspecified atom stereocenters. The summed E-state index contributed by atoms with van der Waals surface area (Å²) in [6.07, 6.45) is 1.71. The number of hydrogen-bond donors (Lipinski definition) is 0. The van der Waals surface area contributed by atoms with Gasteiger partial charge in [0.25, 0.3) is 0 Å². The summed E-state index contributed by atoms with van der Waals surface area (Å²) in [6.45, 7) is 3.47. The van der Waals surface area contributed by atoms with Crippen LogP contribution in [-0.2, 0) is 4.79 Å². The van der Waals surface area contributed by atoms with Crippen molar-refractivity contribution in [3.63, 3.8) is 0 Å². The van der Waals surface area contributed by atoms with Crippen molar-refractivity contribution in [2.75, 3.05) is 0 Å². The van der Waals surface area contributed by atoms with Crippen LogP contribution in [0.4, 0.5) is 0 Å². The van der Waals surface area contributed by atoms with E-state index in [1.165, 1.54) is 0 Å². The molecule has 0 atom stereocenters. The predicted octanol–water partition coefficient (Wildman–Crippen LogP) is 0.803. The lowest BCUT2D eigenvalue weighted by molar-refractivity contribution is -0.107. The summed E-state index contributed by atoms with van der Waals surface area (Å²) in [5, 5.41) is 0. The molecule has 0 aliphatic rings. The molecule has 37 valence electrons. The summed E-state index contributed by atoms with van der Waals surface area (Å²) in [5.74, 6) is 5.26. The summed E-state index contributed by atoms with van der Waals surface area (Å²) in [6, 6.07) is 0. The molecule has 0 N–H and O–H groups in total. The largest absolute Gasteiger partial charge is 0.302 e. The lowest BCUT2D eigenvalue weighted by atomic mass is 10.4. The lowest BCUT2D eigenvalue weighted by Crippen LogP contribution is -1.64. The molecule has 0 bridgehead atoms. The van der Waals surface area contributed by atoms with Crippen LogP contribution in [0.1, 0.15) is 12.8 Å². The Bertz CT molecular complexity index is 94.5. The fraction of sp³-hybridized carbons (Fsp3) is 0.333. The monoisotopic (exact) mass is 95.0 g/mol. The standard InChI is InChI=1S/C6H7O/c1-2-3-4-5-6-7/h6H,1-2,5H2. The molecule has 1 heteroatoms. The van der Waals surface area contributed by atoms with Crippen LogP contribution in [0.15, 0.2) is 0 Å². The molecular formula is C6H7O. The van der Waals surface area contributed by atoms with E-state index in [2.05, 4.69) is 18.8 Å². The molecule has 0 spiro atoms. The van der Waals surface area contributed by atoms with E-state index in [4.69, 9.17) is 0 Å². The molecule has 0 saturated heterocycles. The fourth-order valence-electron chi connectivity index (χ4n) is 0.202. The van der Waals surface area contributed by atoms with Gasteiger partial charge in [-0.2, -0.15) is 0 Å². The van der Waals surface area contributed by atoms with Crippen molar-refractivity contribution < 1.29 is 4.79 Å². The number of carbonyl (C=O) groups is 1. The van der Waals surface area contributed by atoms with Crippen molar-refractivity contribution in [2.45, 2.75) is 12.8 Å². The van der Waals surface area contributed by atoms with E-state index in [0.717, 1.165) is 6.29 Å². The molecule has 1 nitrogen and oxygen atoms in total. The Morgan fingerprint density at radius 3 is 2.71 bits per heavy atom. The van der Waals surface area contributed by atoms with Gasteiger partial charge in [-0.05, 0) is 6.92 Å². The molecule has 0 aliphatic heterocycles. The second-order valence-electron chi connectivity index (χ2n) is 0.974. The number of rotatable bonds is 1. The summed E-state index contributed by atoms with van der Waals surface area (Å²) in [5.41, 5.74) is 0. The maximum atomic E-state index is 9.56. The summed E-state index contributed by atoms with van der Waals surface area (Å²) >= 11 is 0. The highest BCUT2D eigenvalue weighted by Crippen LogP contribution is 1.68. The van der Waals surface area contributed by atoms with Crippen LogP contribution in [0.3, 0.4) is 0 Å². The zero-order chi connectivity index (χ0) is 5.54. The van der Waals surface area contributed by atoms with E-state index in [1.54, 1.807) is 0 Å². The van der Waals surface area contributed by atoms with Gasteiger partial charge in [0, 0.05) is 6.42 Å². The van der Waals surface area contributed by atoms with E-state index in [9.17, 15) is 4.79 Å². The molecule has 0 aromatic heterocycles. The molecular weight excluding hydrogens is 88.1 g/mol. The summed E-state index contributed by atoms with van der Waals surface area (Å²) in [7, 11) is 0. The van der Waals surface area contributed by atoms with Gasteiger partial charge in [-0.25, -0.2) is 0 Å². The third-order valence-corrected chi connectivity index (χ3v) is 0.435. The van der Waals surface area contributed by atoms with E-state index < -0.39 is 0 Å². The predicted molar refractivity (Wildman–Crippen MR) is 28.4 cm³/mol. The van der Waals surface area contributed by atoms with Gasteiger partial charge in [0.05, 0.1) is 6.42 Å². The molecule has 1 radical (unpaired) electrons. The Balaban J connectivity index is 3.06. The minimum Gasteiger partial charge on any atom is -0.302 e. The molecule has 7 heavy (non-hydrogen) atoms. The second kappa shape index (κ2) is 5.23. The smallest absolute Gasteiger partial charge is 0.131 e. The van der Waals surface area contributed by atoms with Gasteiger partial charge in [-0.3, -0.25) is 0 Å². The van der Waals surface area contributed by atoms with Gasteiger partial charge in [0.1, 0.15) is 6.29 Å². The molecule has 0 rings (SSSR count). The SMILES string of the molecule is [CH2]CC#CCC=O. The molecule has 0 saturated carbocycles. The first-order valence-electron chi connectivity index (χ1n) is 2.10. The van der Waals surface area contributed by atoms with Gasteiger partial charge in [-0.1, -0.05) is 5.92 Å². The van der Waals surface area contributed by atoms with Gasteiger partial charge in [0.2, 0.25) is 0 Å². The van der Waals surface area contributed by atoms with E-state index in [1.807, 2.05) is 0 Å². The zero-order valence-corrected chi connectivity index (χ0v) is 4.11. The zero-order valence-electron chi connectivity index (χ0n) is 4.11. The third kappa shape index (κ3) is 5.23. The maximum Gasteiger partial charge on any atom is 0.131 e. The molecule has 0 aromatic carbocycles. The Morgan fingerprint density at radius 1 is 1.57 bits per heavy atom. The Morgan fingerprint density at radius 2 is 2.29 bits per heavy atom. The van der Waals surface area contributed by atoms with Crippen molar-refractivity contribution in [2.24, 2.45) is 0 Å². The van der Waals surface area contributed by atoms with Crippen molar-refractivity contribution in [1.29, 1.82) is 0 Å². The molecule has 0 amide bonds. The first kappa shape index (κ1) is 6.23. The van der Waals surface area contributed by atoms with Gasteiger partial charge < -0.3 is 4.79 Å². The average Bonchev–Trinajstić information content (AvgIpc) is 1.69. The quantitative estimate of drug-likeness (QED) is 0.348. The first-order valence-corrected chi connectivity index (χ1v) is 2.10. The Kier molecular flexibility index (Phi) is 4.65. The van der Waals surface area contributed by atoms with Gasteiger partial charge >= 0.3 is 0 Å². The fourth-order valence-corrected chi connectivity index (χ4v) is 0.202. The van der Waals surface area contributed by atoms with E-state index in [-0.39, 0.29) is 0 Å². The highest BCUT2D eigenvalue weighted by molar-refractivity contribution is 5.53. The van der Waals surface area contributed by atoms with Crippen LogP contribution >= 0.6 is 0 Å². The number of hydrogen-bond acceptors (Lipinski definition) is 1. The van der Waals surface area contributed by atoms with E-state index >= 15 is 0 Å². The number of aldehydes is 1. The minimum atomic E-state index is 0.343. The van der Waals surface area contributed by atoms with Gasteiger partial charge in [-0.15, -0.1) is 5.92 Å². The van der Waals surface area contributed by atoms with Crippen molar-refractivity contribution in [1.82, 2.24) is 0 Å². The number of carbonyl (C=O) groups excluding carboxylic acids is 1. The van der Waals surface area contributed by atoms with Crippen LogP contribution in [0, 0.1) is 18.8 Å². The van der Waals surface area contributed by atoms with Crippen molar-refractivity contribution in [3.8, 4) is 11.8 Å². The van der Waals surface area contributed by atoms with Gasteiger partial charge in [0.15, 0.2) is 0 Å². The maximum absolute atomic E-state index is 9.56. The summed E-state index contributed by atoms with van der Waals surface area (Å²) in [4.78, 5) is 9.56. The van der Waals surface area contributed by atoms with Crippen molar-refractivity contribution >= 4 is 6.29 Å². The highest BCUT2D eigenvalue weighted by Gasteiger charge is 1.64. The van der Waals surface area contributed by atoms with Crippen LogP contribution < -0.4 is 0 Å². The third-order valence-electron chi connectivity index (χ3n) is 0.435. The van der Waals surface area contributed by atoms with Crippen LogP contribution in [0.2, 0.25) is 0 Å². The minimum absolute atomic E-state index is 0.343. The van der Waals surface area contributed by atoms with Crippen molar-refractivity contribution in [3.05, 3.63) is 6.92 Å². The van der Waals surface area contributed by atoms with Crippen LogP contribution in [-0.4, -0.2) is 6.29 Å². The molecule has 0 aromatic rings. The highest BCUT2D eigenvalue weighted by atomic mass is 16.1. The van der Waals surface area contributed by atoms with Crippen LogP contribution in [0.25, 0.3) is 0 Å². The first-order chi connectivity index (χ1) is 3.41.